The number of nitrogens with zero attached hydrogens (tertiary/aromatic N) is 1. The van der Waals surface area contributed by atoms with Crippen LogP contribution in [-0.2, 0) is 16.4 Å². The van der Waals surface area contributed by atoms with Gasteiger partial charge in [0.05, 0.1) is 11.1 Å². The summed E-state index contributed by atoms with van der Waals surface area (Å²) in [6, 6.07) is 9.83. The number of hydrogen-bond donors (Lipinski definition) is 2. The summed E-state index contributed by atoms with van der Waals surface area (Å²) in [5.41, 5.74) is 1.03. The molecule has 0 bridgehead atoms. The minimum Gasteiger partial charge on any atom is -0.322 e. The molecule has 32 heavy (non-hydrogen) atoms. The lowest BCUT2D eigenvalue weighted by molar-refractivity contribution is 0.102. The third kappa shape index (κ3) is 4.75. The van der Waals surface area contributed by atoms with Crippen LogP contribution >= 0.6 is 24.0 Å². The monoisotopic (exact) mass is 499 g/mol. The van der Waals surface area contributed by atoms with E-state index >= 15 is 0 Å². The number of anilines is 1. The van der Waals surface area contributed by atoms with Gasteiger partial charge in [-0.25, -0.2) is 26.9 Å². The predicted octanol–water partition coefficient (Wildman–Crippen LogP) is 4.65. The molecule has 168 valence electrons. The van der Waals surface area contributed by atoms with Crippen molar-refractivity contribution in [3.05, 3.63) is 88.1 Å². The SMILES string of the molecule is Cl.O=C(Nc1ccc(F)c(Cl)c1)c1ccc(F)c2c1CC[C@@H]2NS(=O)(=O)c1ccccn1. The Balaban J connectivity index is 0.00000289. The van der Waals surface area contributed by atoms with Crippen LogP contribution in [0.15, 0.2) is 59.8 Å². The molecular formula is C21H17Cl2F2N3O3S. The maximum Gasteiger partial charge on any atom is 0.258 e. The number of halogens is 4. The number of sulfonamides is 1. The Labute approximate surface area is 194 Å². The van der Waals surface area contributed by atoms with Crippen LogP contribution in [0.5, 0.6) is 0 Å². The number of hydrogen-bond acceptors (Lipinski definition) is 4. The van der Waals surface area contributed by atoms with E-state index in [4.69, 9.17) is 11.6 Å². The molecule has 0 spiro atoms. The summed E-state index contributed by atoms with van der Waals surface area (Å²) in [4.78, 5) is 16.6. The van der Waals surface area contributed by atoms with Crippen molar-refractivity contribution in [3.8, 4) is 0 Å². The molecule has 2 N–H and O–H groups in total. The number of amides is 1. The number of nitrogens with one attached hydrogen (secondary N) is 2. The number of rotatable bonds is 5. The van der Waals surface area contributed by atoms with Crippen LogP contribution in [0.1, 0.15) is 33.9 Å². The maximum atomic E-state index is 14.6. The van der Waals surface area contributed by atoms with Crippen LogP contribution in [-0.4, -0.2) is 19.3 Å². The van der Waals surface area contributed by atoms with Crippen LogP contribution < -0.4 is 10.0 Å². The molecule has 1 aromatic heterocycles. The van der Waals surface area contributed by atoms with Crippen molar-refractivity contribution in [2.75, 3.05) is 5.32 Å². The van der Waals surface area contributed by atoms with Crippen LogP contribution in [0.25, 0.3) is 0 Å². The summed E-state index contributed by atoms with van der Waals surface area (Å²) >= 11 is 5.74. The number of aromatic nitrogens is 1. The van der Waals surface area contributed by atoms with E-state index in [9.17, 15) is 22.0 Å². The van der Waals surface area contributed by atoms with E-state index in [1.165, 1.54) is 36.5 Å². The van der Waals surface area contributed by atoms with Crippen molar-refractivity contribution in [3.63, 3.8) is 0 Å². The summed E-state index contributed by atoms with van der Waals surface area (Å²) in [5.74, 6) is -1.76. The van der Waals surface area contributed by atoms with Gasteiger partial charge in [0.15, 0.2) is 5.03 Å². The topological polar surface area (TPSA) is 88.2 Å². The van der Waals surface area contributed by atoms with E-state index in [2.05, 4.69) is 15.0 Å². The molecule has 0 fully saturated rings. The van der Waals surface area contributed by atoms with Crippen LogP contribution in [0.4, 0.5) is 14.5 Å². The van der Waals surface area contributed by atoms with Gasteiger partial charge in [0.1, 0.15) is 11.6 Å². The fourth-order valence-electron chi connectivity index (χ4n) is 3.57. The van der Waals surface area contributed by atoms with Crippen molar-refractivity contribution < 1.29 is 22.0 Å². The Kier molecular flexibility index (Phi) is 7.14. The summed E-state index contributed by atoms with van der Waals surface area (Å²) in [5, 5.41) is 2.28. The van der Waals surface area contributed by atoms with Gasteiger partial charge in [-0.2, -0.15) is 0 Å². The lowest BCUT2D eigenvalue weighted by Crippen LogP contribution is -2.28. The lowest BCUT2D eigenvalue weighted by Gasteiger charge is -2.16. The first-order chi connectivity index (χ1) is 14.8. The third-order valence-electron chi connectivity index (χ3n) is 4.97. The van der Waals surface area contributed by atoms with Gasteiger partial charge in [-0.05, 0) is 60.9 Å². The molecule has 11 heteroatoms. The average molecular weight is 500 g/mol. The van der Waals surface area contributed by atoms with Crippen LogP contribution in [0.2, 0.25) is 5.02 Å². The minimum absolute atomic E-state index is 0. The molecule has 1 atom stereocenters. The van der Waals surface area contributed by atoms with E-state index in [0.717, 1.165) is 12.1 Å². The molecule has 0 aliphatic heterocycles. The molecule has 0 radical (unpaired) electrons. The van der Waals surface area contributed by atoms with Gasteiger partial charge in [-0.15, -0.1) is 12.4 Å². The Bertz CT molecular complexity index is 1270. The first-order valence-corrected chi connectivity index (χ1v) is 11.1. The Hall–Kier alpha value is -2.59. The molecule has 0 unspecified atom stereocenters. The van der Waals surface area contributed by atoms with E-state index in [1.807, 2.05) is 0 Å². The highest BCUT2D eigenvalue weighted by molar-refractivity contribution is 7.89. The molecule has 2 aromatic carbocycles. The second-order valence-corrected chi connectivity index (χ2v) is 9.02. The quantitative estimate of drug-likeness (QED) is 0.534. The molecule has 4 rings (SSSR count). The zero-order valence-electron chi connectivity index (χ0n) is 16.3. The lowest BCUT2D eigenvalue weighted by atomic mass is 10.0. The minimum atomic E-state index is -3.97. The van der Waals surface area contributed by atoms with E-state index in [1.54, 1.807) is 6.07 Å². The van der Waals surface area contributed by atoms with Crippen molar-refractivity contribution in [1.29, 1.82) is 0 Å². The van der Waals surface area contributed by atoms with Crippen molar-refractivity contribution in [2.24, 2.45) is 0 Å². The zero-order chi connectivity index (χ0) is 22.2. The smallest absolute Gasteiger partial charge is 0.258 e. The first-order valence-electron chi connectivity index (χ1n) is 9.27. The summed E-state index contributed by atoms with van der Waals surface area (Å²) in [6.07, 6.45) is 1.93. The molecule has 1 amide bonds. The van der Waals surface area contributed by atoms with Gasteiger partial charge in [0.2, 0.25) is 0 Å². The Morgan fingerprint density at radius 2 is 1.84 bits per heavy atom. The first kappa shape index (κ1) is 24.1. The number of carbonyl (C=O) groups excluding carboxylic acids is 1. The summed E-state index contributed by atoms with van der Waals surface area (Å²) < 4.78 is 55.7. The molecule has 3 aromatic rings. The van der Waals surface area contributed by atoms with Crippen LogP contribution in [0, 0.1) is 11.6 Å². The second-order valence-electron chi connectivity index (χ2n) is 6.95. The summed E-state index contributed by atoms with van der Waals surface area (Å²) in [7, 11) is -3.97. The number of carbonyl (C=O) groups is 1. The fourth-order valence-corrected chi connectivity index (χ4v) is 4.94. The number of fused-ring (bicyclic) bond motifs is 1. The van der Waals surface area contributed by atoms with Crippen LogP contribution in [0.3, 0.4) is 0 Å². The third-order valence-corrected chi connectivity index (χ3v) is 6.64. The van der Waals surface area contributed by atoms with E-state index in [0.29, 0.717) is 12.0 Å². The molecule has 0 saturated carbocycles. The maximum absolute atomic E-state index is 14.6. The highest BCUT2D eigenvalue weighted by Crippen LogP contribution is 2.36. The predicted molar refractivity (Wildman–Crippen MR) is 119 cm³/mol. The Morgan fingerprint density at radius 1 is 1.09 bits per heavy atom. The molecule has 6 nitrogen and oxygen atoms in total. The van der Waals surface area contributed by atoms with Crippen molar-refractivity contribution >= 4 is 45.6 Å². The normalized spacial score (nSPS) is 15.0. The molecule has 1 aliphatic carbocycles. The summed E-state index contributed by atoms with van der Waals surface area (Å²) in [6.45, 7) is 0. The standard InChI is InChI=1S/C21H16ClF2N3O3S.ClH/c22-15-11-12(4-7-16(15)23)26-21(28)14-5-8-17(24)20-13(14)6-9-18(20)27-31(29,30)19-3-1-2-10-25-19;/h1-5,7-8,10-11,18,27H,6,9H2,(H,26,28);1H/t18-;/m0./s1. The highest BCUT2D eigenvalue weighted by atomic mass is 35.5. The largest absolute Gasteiger partial charge is 0.322 e. The van der Waals surface area contributed by atoms with Gasteiger partial charge in [0.25, 0.3) is 15.9 Å². The average Bonchev–Trinajstić information content (AvgIpc) is 3.15. The van der Waals surface area contributed by atoms with Gasteiger partial charge >= 0.3 is 0 Å². The molecule has 1 heterocycles. The van der Waals surface area contributed by atoms with Crippen molar-refractivity contribution in [1.82, 2.24) is 9.71 Å². The second kappa shape index (κ2) is 9.50. The van der Waals surface area contributed by atoms with E-state index < -0.39 is 33.6 Å². The van der Waals surface area contributed by atoms with Crippen molar-refractivity contribution in [2.45, 2.75) is 23.9 Å². The molecular weight excluding hydrogens is 483 g/mol. The zero-order valence-corrected chi connectivity index (χ0v) is 18.7. The number of benzene rings is 2. The van der Waals surface area contributed by atoms with Gasteiger partial charge in [0, 0.05) is 23.0 Å². The molecule has 0 saturated heterocycles. The van der Waals surface area contributed by atoms with E-state index in [-0.39, 0.29) is 45.7 Å². The van der Waals surface area contributed by atoms with Gasteiger partial charge < -0.3 is 5.32 Å². The highest BCUT2D eigenvalue weighted by Gasteiger charge is 2.33. The van der Waals surface area contributed by atoms with Gasteiger partial charge in [-0.3, -0.25) is 4.79 Å². The molecule has 1 aliphatic rings. The number of pyridine rings is 1. The Morgan fingerprint density at radius 3 is 2.53 bits per heavy atom. The van der Waals surface area contributed by atoms with Gasteiger partial charge in [-0.1, -0.05) is 17.7 Å². The fraction of sp³-hybridized carbons (Fsp3) is 0.143.